The Labute approximate surface area is 194 Å². The molecular formula is C25H27ClN2O3S. The van der Waals surface area contributed by atoms with Crippen LogP contribution >= 0.6 is 11.6 Å². The van der Waals surface area contributed by atoms with Gasteiger partial charge in [-0.1, -0.05) is 74.0 Å². The zero-order valence-corrected chi connectivity index (χ0v) is 19.9. The predicted molar refractivity (Wildman–Crippen MR) is 130 cm³/mol. The number of sulfonamides is 1. The minimum absolute atomic E-state index is 0.0477. The first kappa shape index (κ1) is 24.0. The number of carbonyl (C=O) groups excluding carboxylic acids is 1. The Bertz CT molecular complexity index is 1180. The van der Waals surface area contributed by atoms with Crippen LogP contribution in [-0.4, -0.2) is 20.4 Å². The Kier molecular flexibility index (Phi) is 7.72. The van der Waals surface area contributed by atoms with Gasteiger partial charge >= 0.3 is 0 Å². The summed E-state index contributed by atoms with van der Waals surface area (Å²) < 4.78 is 28.6. The summed E-state index contributed by atoms with van der Waals surface area (Å²) in [5, 5.41) is 3.41. The normalized spacial score (nSPS) is 12.5. The summed E-state index contributed by atoms with van der Waals surface area (Å²) in [6.45, 7) is 6.02. The molecule has 0 heterocycles. The quantitative estimate of drug-likeness (QED) is 0.469. The van der Waals surface area contributed by atoms with Gasteiger partial charge in [0.05, 0.1) is 4.90 Å². The number of hydrogen-bond donors (Lipinski definition) is 2. The van der Waals surface area contributed by atoms with Crippen molar-refractivity contribution in [2.75, 3.05) is 5.32 Å². The second kappa shape index (κ2) is 10.3. The molecule has 0 aliphatic rings. The average molecular weight is 471 g/mol. The fourth-order valence-electron chi connectivity index (χ4n) is 3.46. The Hall–Kier alpha value is -2.67. The first-order valence-electron chi connectivity index (χ1n) is 10.4. The third-order valence-corrected chi connectivity index (χ3v) is 6.94. The molecule has 1 amide bonds. The van der Waals surface area contributed by atoms with Crippen LogP contribution in [0.3, 0.4) is 0 Å². The molecule has 0 spiro atoms. The number of hydrogen-bond acceptors (Lipinski definition) is 3. The second-order valence-corrected chi connectivity index (χ2v) is 10.2. The minimum atomic E-state index is -3.94. The van der Waals surface area contributed by atoms with E-state index in [1.54, 1.807) is 0 Å². The molecule has 2 N–H and O–H groups in total. The molecule has 0 aromatic heterocycles. The zero-order chi connectivity index (χ0) is 23.3. The van der Waals surface area contributed by atoms with Crippen LogP contribution in [0, 0.1) is 6.92 Å². The van der Waals surface area contributed by atoms with Gasteiger partial charge in [-0.2, -0.15) is 4.72 Å². The molecule has 5 nitrogen and oxygen atoms in total. The topological polar surface area (TPSA) is 75.3 Å². The molecule has 0 saturated carbocycles. The van der Waals surface area contributed by atoms with Crippen LogP contribution in [0.15, 0.2) is 77.7 Å². The summed E-state index contributed by atoms with van der Waals surface area (Å²) in [7, 11) is -3.94. The molecule has 168 valence electrons. The highest BCUT2D eigenvalue weighted by atomic mass is 35.5. The van der Waals surface area contributed by atoms with Crippen molar-refractivity contribution in [3.63, 3.8) is 0 Å². The number of benzene rings is 3. The summed E-state index contributed by atoms with van der Waals surface area (Å²) in [6.07, 6.45) is 0.211. The lowest BCUT2D eigenvalue weighted by atomic mass is 9.97. The number of anilines is 1. The number of rotatable bonds is 8. The van der Waals surface area contributed by atoms with Crippen molar-refractivity contribution in [1.29, 1.82) is 0 Å². The van der Waals surface area contributed by atoms with E-state index in [2.05, 4.69) is 23.9 Å². The number of nitrogens with one attached hydrogen (secondary N) is 2. The minimum Gasteiger partial charge on any atom is -0.324 e. The first-order valence-corrected chi connectivity index (χ1v) is 12.3. The van der Waals surface area contributed by atoms with Crippen LogP contribution in [0.1, 0.15) is 36.5 Å². The van der Waals surface area contributed by atoms with Crippen molar-refractivity contribution >= 4 is 33.2 Å². The molecule has 1 unspecified atom stereocenters. The van der Waals surface area contributed by atoms with E-state index in [9.17, 15) is 13.2 Å². The van der Waals surface area contributed by atoms with Gasteiger partial charge in [-0.05, 0) is 60.2 Å². The number of halogens is 1. The summed E-state index contributed by atoms with van der Waals surface area (Å²) in [4.78, 5) is 13.4. The molecule has 3 aromatic rings. The van der Waals surface area contributed by atoms with Crippen LogP contribution < -0.4 is 10.0 Å². The van der Waals surface area contributed by atoms with E-state index in [-0.39, 0.29) is 17.2 Å². The molecular weight excluding hydrogens is 444 g/mol. The van der Waals surface area contributed by atoms with Crippen molar-refractivity contribution in [3.05, 3.63) is 94.5 Å². The molecule has 0 radical (unpaired) electrons. The van der Waals surface area contributed by atoms with Gasteiger partial charge in [0, 0.05) is 10.7 Å². The van der Waals surface area contributed by atoms with Crippen LogP contribution in [0.4, 0.5) is 5.69 Å². The maximum absolute atomic E-state index is 13.3. The van der Waals surface area contributed by atoms with Crippen LogP contribution in [0.5, 0.6) is 0 Å². The zero-order valence-electron chi connectivity index (χ0n) is 18.3. The third-order valence-electron chi connectivity index (χ3n) is 5.20. The maximum atomic E-state index is 13.3. The van der Waals surface area contributed by atoms with Crippen molar-refractivity contribution in [1.82, 2.24) is 4.72 Å². The monoisotopic (exact) mass is 470 g/mol. The molecule has 0 aliphatic carbocycles. The summed E-state index contributed by atoms with van der Waals surface area (Å²) in [6, 6.07) is 20.0. The van der Waals surface area contributed by atoms with Gasteiger partial charge in [0.25, 0.3) is 0 Å². The molecule has 0 bridgehead atoms. The Morgan fingerprint density at radius 1 is 0.938 bits per heavy atom. The maximum Gasteiger partial charge on any atom is 0.242 e. The average Bonchev–Trinajstić information content (AvgIpc) is 2.75. The number of carbonyl (C=O) groups is 1. The van der Waals surface area contributed by atoms with Crippen molar-refractivity contribution in [2.24, 2.45) is 0 Å². The van der Waals surface area contributed by atoms with E-state index < -0.39 is 22.0 Å². The SMILES string of the molecule is Cc1cccc(C(C)C)c1NC(=O)C(Cc1ccccc1)NS(=O)(=O)c1ccc(Cl)cc1. The summed E-state index contributed by atoms with van der Waals surface area (Å²) in [5.41, 5.74) is 3.48. The van der Waals surface area contributed by atoms with E-state index >= 15 is 0 Å². The van der Waals surface area contributed by atoms with Gasteiger partial charge in [-0.25, -0.2) is 8.42 Å². The predicted octanol–water partition coefficient (Wildman–Crippen LogP) is 5.30. The lowest BCUT2D eigenvalue weighted by Crippen LogP contribution is -2.45. The molecule has 0 saturated heterocycles. The molecule has 7 heteroatoms. The van der Waals surface area contributed by atoms with Crippen LogP contribution in [0.25, 0.3) is 0 Å². The van der Waals surface area contributed by atoms with E-state index in [1.165, 1.54) is 24.3 Å². The van der Waals surface area contributed by atoms with Gasteiger partial charge in [-0.3, -0.25) is 4.79 Å². The van der Waals surface area contributed by atoms with E-state index in [0.717, 1.165) is 22.4 Å². The van der Waals surface area contributed by atoms with Crippen molar-refractivity contribution in [2.45, 2.75) is 44.0 Å². The van der Waals surface area contributed by atoms with Gasteiger partial charge < -0.3 is 5.32 Å². The smallest absolute Gasteiger partial charge is 0.242 e. The van der Waals surface area contributed by atoms with Gasteiger partial charge in [0.2, 0.25) is 15.9 Å². The fraction of sp³-hybridized carbons (Fsp3) is 0.240. The largest absolute Gasteiger partial charge is 0.324 e. The van der Waals surface area contributed by atoms with Gasteiger partial charge in [0.15, 0.2) is 0 Å². The first-order chi connectivity index (χ1) is 15.2. The number of amides is 1. The fourth-order valence-corrected chi connectivity index (χ4v) is 4.78. The highest BCUT2D eigenvalue weighted by molar-refractivity contribution is 7.89. The lowest BCUT2D eigenvalue weighted by Gasteiger charge is -2.22. The molecule has 3 aromatic carbocycles. The van der Waals surface area contributed by atoms with Crippen molar-refractivity contribution < 1.29 is 13.2 Å². The standard InChI is InChI=1S/C25H27ClN2O3S/c1-17(2)22-11-7-8-18(3)24(22)27-25(29)23(16-19-9-5-4-6-10-19)28-32(30,31)21-14-12-20(26)13-15-21/h4-15,17,23,28H,16H2,1-3H3,(H,27,29). The summed E-state index contributed by atoms with van der Waals surface area (Å²) >= 11 is 5.89. The Morgan fingerprint density at radius 3 is 2.22 bits per heavy atom. The van der Waals surface area contributed by atoms with Crippen molar-refractivity contribution in [3.8, 4) is 0 Å². The van der Waals surface area contributed by atoms with E-state index in [0.29, 0.717) is 5.02 Å². The number of para-hydroxylation sites is 1. The van der Waals surface area contributed by atoms with Crippen LogP contribution in [-0.2, 0) is 21.2 Å². The van der Waals surface area contributed by atoms with E-state index in [1.807, 2.05) is 55.5 Å². The van der Waals surface area contributed by atoms with Gasteiger partial charge in [0.1, 0.15) is 6.04 Å². The van der Waals surface area contributed by atoms with Crippen LogP contribution in [0.2, 0.25) is 5.02 Å². The molecule has 0 fully saturated rings. The highest BCUT2D eigenvalue weighted by Gasteiger charge is 2.27. The second-order valence-electron chi connectivity index (χ2n) is 8.00. The molecule has 32 heavy (non-hydrogen) atoms. The number of aryl methyl sites for hydroxylation is 1. The lowest BCUT2D eigenvalue weighted by molar-refractivity contribution is -0.117. The highest BCUT2D eigenvalue weighted by Crippen LogP contribution is 2.28. The summed E-state index contributed by atoms with van der Waals surface area (Å²) in [5.74, 6) is -0.217. The molecule has 3 rings (SSSR count). The molecule has 0 aliphatic heterocycles. The molecule has 1 atom stereocenters. The third kappa shape index (κ3) is 5.97. The Balaban J connectivity index is 1.93. The van der Waals surface area contributed by atoms with Gasteiger partial charge in [-0.15, -0.1) is 0 Å². The Morgan fingerprint density at radius 2 is 1.59 bits per heavy atom. The van der Waals surface area contributed by atoms with E-state index in [4.69, 9.17) is 11.6 Å².